The van der Waals surface area contributed by atoms with E-state index in [0.29, 0.717) is 24.2 Å². The summed E-state index contributed by atoms with van der Waals surface area (Å²) in [6, 6.07) is 0. The molecule has 2 heteroatoms. The van der Waals surface area contributed by atoms with Crippen molar-refractivity contribution in [2.75, 3.05) is 0 Å². The molecule has 1 spiro atoms. The third-order valence-corrected chi connectivity index (χ3v) is 5.13. The Morgan fingerprint density at radius 1 is 1.41 bits per heavy atom. The second-order valence-corrected chi connectivity index (χ2v) is 6.34. The van der Waals surface area contributed by atoms with Crippen LogP contribution in [0.3, 0.4) is 0 Å². The van der Waals surface area contributed by atoms with E-state index in [2.05, 4.69) is 20.8 Å². The number of hydrogen-bond donors (Lipinski definition) is 1. The Morgan fingerprint density at radius 2 is 2.06 bits per heavy atom. The lowest BCUT2D eigenvalue weighted by molar-refractivity contribution is -0.133. The first-order valence-electron chi connectivity index (χ1n) is 6.80. The molecule has 4 atom stereocenters. The molecule has 0 amide bonds. The van der Waals surface area contributed by atoms with E-state index in [1.54, 1.807) is 6.08 Å². The van der Waals surface area contributed by atoms with Crippen LogP contribution in [0.15, 0.2) is 11.6 Å². The van der Waals surface area contributed by atoms with Crippen molar-refractivity contribution >= 4 is 5.78 Å². The summed E-state index contributed by atoms with van der Waals surface area (Å²) < 4.78 is 0. The summed E-state index contributed by atoms with van der Waals surface area (Å²) in [5, 5.41) is 10.1. The summed E-state index contributed by atoms with van der Waals surface area (Å²) in [7, 11) is 0. The number of rotatable bonds is 1. The van der Waals surface area contributed by atoms with Gasteiger partial charge in [-0.25, -0.2) is 0 Å². The predicted molar refractivity (Wildman–Crippen MR) is 68.5 cm³/mol. The highest BCUT2D eigenvalue weighted by molar-refractivity contribution is 5.97. The highest BCUT2D eigenvalue weighted by Gasteiger charge is 2.55. The number of allylic oxidation sites excluding steroid dienone is 1. The van der Waals surface area contributed by atoms with Crippen LogP contribution in [0.1, 0.15) is 47.0 Å². The Hall–Kier alpha value is -0.630. The first-order chi connectivity index (χ1) is 7.89. The van der Waals surface area contributed by atoms with Crippen molar-refractivity contribution in [3.8, 4) is 0 Å². The number of carbonyl (C=O) groups excluding carboxylic acids is 1. The molecular weight excluding hydrogens is 212 g/mol. The lowest BCUT2D eigenvalue weighted by Crippen LogP contribution is -2.46. The van der Waals surface area contributed by atoms with Gasteiger partial charge >= 0.3 is 0 Å². The smallest absolute Gasteiger partial charge is 0.162 e. The molecule has 1 saturated carbocycles. The van der Waals surface area contributed by atoms with E-state index in [9.17, 15) is 9.90 Å². The molecule has 2 aliphatic rings. The molecule has 2 aliphatic carbocycles. The maximum atomic E-state index is 12.5. The molecule has 0 bridgehead atoms. The molecule has 17 heavy (non-hydrogen) atoms. The molecule has 96 valence electrons. The van der Waals surface area contributed by atoms with Crippen molar-refractivity contribution in [3.63, 3.8) is 0 Å². The van der Waals surface area contributed by atoms with Crippen LogP contribution in [0, 0.1) is 23.2 Å². The van der Waals surface area contributed by atoms with Crippen molar-refractivity contribution in [1.29, 1.82) is 0 Å². The van der Waals surface area contributed by atoms with Crippen LogP contribution in [0.5, 0.6) is 0 Å². The molecule has 2 rings (SSSR count). The number of hydrogen-bond acceptors (Lipinski definition) is 2. The van der Waals surface area contributed by atoms with Crippen LogP contribution < -0.4 is 0 Å². The number of carbonyl (C=O) groups is 1. The van der Waals surface area contributed by atoms with E-state index < -0.39 is 6.10 Å². The van der Waals surface area contributed by atoms with Crippen LogP contribution in [-0.4, -0.2) is 17.0 Å². The van der Waals surface area contributed by atoms with Crippen LogP contribution in [0.2, 0.25) is 0 Å². The van der Waals surface area contributed by atoms with Crippen molar-refractivity contribution in [1.82, 2.24) is 0 Å². The number of aliphatic hydroxyl groups excluding tert-OH is 1. The molecule has 0 aromatic rings. The first-order valence-corrected chi connectivity index (χ1v) is 6.80. The molecule has 0 heterocycles. The zero-order chi connectivity index (χ0) is 12.8. The van der Waals surface area contributed by atoms with Gasteiger partial charge in [-0.15, -0.1) is 0 Å². The lowest BCUT2D eigenvalue weighted by atomic mass is 9.60. The normalized spacial score (nSPS) is 42.4. The minimum absolute atomic E-state index is 0.268. The summed E-state index contributed by atoms with van der Waals surface area (Å²) in [6.07, 6.45) is 4.16. The third-order valence-electron chi connectivity index (χ3n) is 5.13. The van der Waals surface area contributed by atoms with Crippen LogP contribution in [0.4, 0.5) is 0 Å². The minimum atomic E-state index is -0.422. The van der Waals surface area contributed by atoms with E-state index in [-0.39, 0.29) is 11.2 Å². The fourth-order valence-electron chi connectivity index (χ4n) is 4.04. The van der Waals surface area contributed by atoms with Gasteiger partial charge in [-0.1, -0.05) is 20.8 Å². The first kappa shape index (κ1) is 12.8. The van der Waals surface area contributed by atoms with Gasteiger partial charge in [-0.05, 0) is 55.6 Å². The van der Waals surface area contributed by atoms with Gasteiger partial charge in [0.25, 0.3) is 0 Å². The Balaban J connectivity index is 2.43. The predicted octanol–water partition coefficient (Wildman–Crippen LogP) is 2.95. The van der Waals surface area contributed by atoms with E-state index in [4.69, 9.17) is 0 Å². The van der Waals surface area contributed by atoms with Gasteiger partial charge in [0.1, 0.15) is 0 Å². The molecular formula is C15H24O2. The van der Waals surface area contributed by atoms with E-state index in [1.165, 1.54) is 0 Å². The molecule has 0 saturated heterocycles. The quantitative estimate of drug-likeness (QED) is 0.760. The molecule has 1 N–H and O–H groups in total. The lowest BCUT2D eigenvalue weighted by Gasteiger charge is -2.43. The van der Waals surface area contributed by atoms with Crippen LogP contribution in [-0.2, 0) is 4.79 Å². The Kier molecular flexibility index (Phi) is 3.19. The van der Waals surface area contributed by atoms with Crippen molar-refractivity contribution in [3.05, 3.63) is 11.6 Å². The molecule has 0 aliphatic heterocycles. The summed E-state index contributed by atoms with van der Waals surface area (Å²) in [4.78, 5) is 12.5. The molecule has 1 fully saturated rings. The number of aliphatic hydroxyl groups is 1. The second kappa shape index (κ2) is 4.24. The van der Waals surface area contributed by atoms with E-state index in [1.807, 2.05) is 6.92 Å². The third kappa shape index (κ3) is 1.77. The average Bonchev–Trinajstić information content (AvgIpc) is 2.55. The highest BCUT2D eigenvalue weighted by atomic mass is 16.3. The fourth-order valence-corrected chi connectivity index (χ4v) is 4.04. The SMILES string of the molecule is CC1=CC(=O)[C@]2(C[C@H]1O)[C@H](C)CC[C@@H]2C(C)C. The molecule has 0 aromatic carbocycles. The minimum Gasteiger partial charge on any atom is -0.389 e. The monoisotopic (exact) mass is 236 g/mol. The van der Waals surface area contributed by atoms with E-state index in [0.717, 1.165) is 18.4 Å². The molecule has 0 aromatic heterocycles. The molecule has 0 radical (unpaired) electrons. The van der Waals surface area contributed by atoms with Gasteiger partial charge in [-0.2, -0.15) is 0 Å². The zero-order valence-electron chi connectivity index (χ0n) is 11.4. The van der Waals surface area contributed by atoms with Gasteiger partial charge in [0.15, 0.2) is 5.78 Å². The number of ketones is 1. The van der Waals surface area contributed by atoms with Gasteiger partial charge in [-0.3, -0.25) is 4.79 Å². The maximum Gasteiger partial charge on any atom is 0.162 e. The summed E-state index contributed by atoms with van der Waals surface area (Å²) in [5.74, 6) is 1.62. The van der Waals surface area contributed by atoms with Crippen molar-refractivity contribution in [2.24, 2.45) is 23.2 Å². The largest absolute Gasteiger partial charge is 0.389 e. The summed E-state index contributed by atoms with van der Waals surface area (Å²) >= 11 is 0. The van der Waals surface area contributed by atoms with Crippen LogP contribution >= 0.6 is 0 Å². The Morgan fingerprint density at radius 3 is 2.65 bits per heavy atom. The summed E-state index contributed by atoms with van der Waals surface area (Å²) in [6.45, 7) is 8.45. The van der Waals surface area contributed by atoms with Gasteiger partial charge in [0, 0.05) is 5.41 Å². The Bertz CT molecular complexity index is 356. The molecule has 0 unspecified atom stereocenters. The second-order valence-electron chi connectivity index (χ2n) is 6.34. The zero-order valence-corrected chi connectivity index (χ0v) is 11.4. The van der Waals surface area contributed by atoms with Crippen molar-refractivity contribution < 1.29 is 9.90 Å². The van der Waals surface area contributed by atoms with E-state index >= 15 is 0 Å². The summed E-state index contributed by atoms with van der Waals surface area (Å²) in [5.41, 5.74) is 0.551. The van der Waals surface area contributed by atoms with Gasteiger partial charge in [0.2, 0.25) is 0 Å². The Labute approximate surface area is 104 Å². The topological polar surface area (TPSA) is 37.3 Å². The van der Waals surface area contributed by atoms with Crippen molar-refractivity contribution in [2.45, 2.75) is 53.1 Å². The fraction of sp³-hybridized carbons (Fsp3) is 0.800. The van der Waals surface area contributed by atoms with Gasteiger partial charge in [0.05, 0.1) is 6.10 Å². The van der Waals surface area contributed by atoms with Crippen LogP contribution in [0.25, 0.3) is 0 Å². The standard InChI is InChI=1S/C15H24O2/c1-9(2)12-6-5-11(4)15(12)8-13(16)10(3)7-14(15)17/h7,9,11-13,16H,5-6,8H2,1-4H3/t11-,12-,13-,15-/m1/s1. The average molecular weight is 236 g/mol. The molecule has 2 nitrogen and oxygen atoms in total. The maximum absolute atomic E-state index is 12.5. The van der Waals surface area contributed by atoms with Gasteiger partial charge < -0.3 is 5.11 Å². The highest BCUT2D eigenvalue weighted by Crippen LogP contribution is 2.56.